The molecule has 0 saturated carbocycles. The largest absolute Gasteiger partial charge is 0.410 e. The Hall–Kier alpha value is -1.82. The molecule has 2 aromatic carbocycles. The smallest absolute Gasteiger partial charge is 0.198 e. The molecule has 26 heavy (non-hydrogen) atoms. The van der Waals surface area contributed by atoms with Crippen LogP contribution >= 0.6 is 17.8 Å². The number of nitrogens with zero attached hydrogens (tertiary/aromatic N) is 3. The van der Waals surface area contributed by atoms with E-state index >= 15 is 0 Å². The van der Waals surface area contributed by atoms with Crippen molar-refractivity contribution in [2.24, 2.45) is 10.3 Å². The summed E-state index contributed by atoms with van der Waals surface area (Å²) >= 11 is 7.81. The molecule has 0 aromatic heterocycles. The van der Waals surface area contributed by atoms with Crippen LogP contribution in [-0.4, -0.2) is 52.2 Å². The molecule has 0 aliphatic heterocycles. The maximum Gasteiger partial charge on any atom is 0.198 e. The SMILES string of the molecule is CSCCN(C)C(=N/O)/C(=N\O)P(=S)(c1ccccc1)c1ccccc1. The lowest BCUT2D eigenvalue weighted by atomic mass is 10.4. The van der Waals surface area contributed by atoms with Crippen molar-refractivity contribution in [2.75, 3.05) is 25.6 Å². The Morgan fingerprint density at radius 2 is 1.50 bits per heavy atom. The Morgan fingerprint density at radius 3 is 1.88 bits per heavy atom. The molecular weight excluding hydrogens is 385 g/mol. The lowest BCUT2D eigenvalue weighted by Crippen LogP contribution is -2.38. The highest BCUT2D eigenvalue weighted by molar-refractivity contribution is 8.30. The summed E-state index contributed by atoms with van der Waals surface area (Å²) in [4.78, 5) is 1.76. The number of benzene rings is 2. The van der Waals surface area contributed by atoms with Gasteiger partial charge >= 0.3 is 0 Å². The Morgan fingerprint density at radius 1 is 1.00 bits per heavy atom. The minimum atomic E-state index is -2.70. The van der Waals surface area contributed by atoms with Crippen LogP contribution in [0.25, 0.3) is 0 Å². The lowest BCUT2D eigenvalue weighted by Gasteiger charge is -2.28. The summed E-state index contributed by atoms with van der Waals surface area (Å²) in [6, 6.07) is 16.4. The van der Waals surface area contributed by atoms with Gasteiger partial charge in [-0.15, -0.1) is 0 Å². The predicted molar refractivity (Wildman–Crippen MR) is 116 cm³/mol. The highest BCUT2D eigenvalue weighted by atomic mass is 32.4. The summed E-state index contributed by atoms with van der Waals surface area (Å²) in [5, 5.41) is 28.3. The van der Waals surface area contributed by atoms with Crippen LogP contribution in [0.1, 0.15) is 0 Å². The zero-order valence-electron chi connectivity index (χ0n) is 14.7. The first-order valence-corrected chi connectivity index (χ1v) is 12.2. The molecule has 5 nitrogen and oxygen atoms in total. The molecule has 0 saturated heterocycles. The third-order valence-corrected chi connectivity index (χ3v) is 9.23. The quantitative estimate of drug-likeness (QED) is 0.243. The molecule has 0 atom stereocenters. The number of thioether (sulfide) groups is 1. The van der Waals surface area contributed by atoms with E-state index in [4.69, 9.17) is 11.8 Å². The Balaban J connectivity index is 2.62. The first-order chi connectivity index (χ1) is 12.6. The molecule has 0 heterocycles. The third-order valence-electron chi connectivity index (χ3n) is 3.92. The zero-order valence-corrected chi connectivity index (χ0v) is 17.2. The van der Waals surface area contributed by atoms with Crippen LogP contribution in [0.15, 0.2) is 71.0 Å². The van der Waals surface area contributed by atoms with Crippen molar-refractivity contribution in [3.05, 3.63) is 60.7 Å². The van der Waals surface area contributed by atoms with Gasteiger partial charge < -0.3 is 15.3 Å². The van der Waals surface area contributed by atoms with Crippen LogP contribution in [0.2, 0.25) is 0 Å². The normalized spacial score (nSPS) is 12.8. The van der Waals surface area contributed by atoms with Crippen LogP contribution < -0.4 is 10.6 Å². The van der Waals surface area contributed by atoms with Gasteiger partial charge in [0.15, 0.2) is 11.3 Å². The van der Waals surface area contributed by atoms with E-state index in [0.29, 0.717) is 6.54 Å². The Bertz CT molecular complexity index is 770. The second kappa shape index (κ2) is 9.76. The maximum absolute atomic E-state index is 9.89. The first-order valence-electron chi connectivity index (χ1n) is 7.96. The number of amidine groups is 1. The molecule has 0 amide bonds. The maximum atomic E-state index is 9.89. The van der Waals surface area contributed by atoms with Crippen LogP contribution in [-0.2, 0) is 11.8 Å². The summed E-state index contributed by atoms with van der Waals surface area (Å²) in [7, 11) is 1.80. The molecule has 0 fully saturated rings. The summed E-state index contributed by atoms with van der Waals surface area (Å²) in [6.07, 6.45) is 2.00. The molecule has 0 aliphatic carbocycles. The fourth-order valence-corrected chi connectivity index (χ4v) is 6.68. The lowest BCUT2D eigenvalue weighted by molar-refractivity contribution is 0.306. The molecule has 0 spiro atoms. The van der Waals surface area contributed by atoms with Crippen LogP contribution in [0.4, 0.5) is 0 Å². The van der Waals surface area contributed by atoms with Crippen molar-refractivity contribution < 1.29 is 10.4 Å². The Labute approximate surface area is 163 Å². The second-order valence-electron chi connectivity index (χ2n) is 5.54. The fraction of sp³-hybridized carbons (Fsp3) is 0.222. The topological polar surface area (TPSA) is 68.4 Å². The van der Waals surface area contributed by atoms with Gasteiger partial charge in [0.2, 0.25) is 0 Å². The van der Waals surface area contributed by atoms with Crippen molar-refractivity contribution >= 4 is 51.5 Å². The van der Waals surface area contributed by atoms with Crippen molar-refractivity contribution in [3.63, 3.8) is 0 Å². The van der Waals surface area contributed by atoms with Crippen LogP contribution in [0, 0.1) is 0 Å². The molecule has 0 bridgehead atoms. The van der Waals surface area contributed by atoms with Crippen LogP contribution in [0.3, 0.4) is 0 Å². The summed E-state index contributed by atoms with van der Waals surface area (Å²) in [5.41, 5.74) is 0.219. The van der Waals surface area contributed by atoms with Crippen molar-refractivity contribution in [1.82, 2.24) is 4.90 Å². The molecule has 2 rings (SSSR count). The van der Waals surface area contributed by atoms with Gasteiger partial charge in [0.1, 0.15) is 0 Å². The standard InChI is InChI=1S/C18H22N3O2PS2/c1-21(13-14-26-2)17(19-22)18(20-23)24(25,15-9-5-3-6-10-15)16-11-7-4-8-12-16/h3-12,22-23H,13-14H2,1-2H3/b19-17+,20-18+. The van der Waals surface area contributed by atoms with E-state index in [9.17, 15) is 10.4 Å². The highest BCUT2D eigenvalue weighted by Gasteiger charge is 2.34. The number of oxime groups is 2. The highest BCUT2D eigenvalue weighted by Crippen LogP contribution is 2.46. The summed E-state index contributed by atoms with van der Waals surface area (Å²) < 4.78 is 0. The molecule has 2 aromatic rings. The van der Waals surface area contributed by atoms with Gasteiger partial charge in [-0.05, 0) is 16.9 Å². The molecule has 0 aliphatic rings. The van der Waals surface area contributed by atoms with Crippen molar-refractivity contribution in [3.8, 4) is 0 Å². The van der Waals surface area contributed by atoms with Gasteiger partial charge in [-0.1, -0.05) is 82.8 Å². The van der Waals surface area contributed by atoms with E-state index in [1.54, 1.807) is 23.7 Å². The third kappa shape index (κ3) is 4.29. The predicted octanol–water partition coefficient (Wildman–Crippen LogP) is 2.99. The van der Waals surface area contributed by atoms with E-state index in [0.717, 1.165) is 16.4 Å². The molecule has 8 heteroatoms. The van der Waals surface area contributed by atoms with Gasteiger partial charge in [0.05, 0.1) is 6.04 Å². The van der Waals surface area contributed by atoms with Gasteiger partial charge in [0.25, 0.3) is 0 Å². The first kappa shape index (κ1) is 20.5. The van der Waals surface area contributed by atoms with E-state index < -0.39 is 6.04 Å². The average Bonchev–Trinajstić information content (AvgIpc) is 2.70. The van der Waals surface area contributed by atoms with Crippen LogP contribution in [0.5, 0.6) is 0 Å². The van der Waals surface area contributed by atoms with Gasteiger partial charge in [-0.25, -0.2) is 0 Å². The van der Waals surface area contributed by atoms with E-state index in [2.05, 4.69) is 10.3 Å². The monoisotopic (exact) mass is 407 g/mol. The summed E-state index contributed by atoms with van der Waals surface area (Å²) in [6.45, 7) is 0.637. The van der Waals surface area contributed by atoms with Crippen molar-refractivity contribution in [2.45, 2.75) is 0 Å². The van der Waals surface area contributed by atoms with Gasteiger partial charge in [-0.2, -0.15) is 11.8 Å². The molecule has 0 unspecified atom stereocenters. The second-order valence-corrected chi connectivity index (χ2v) is 10.8. The molecular formula is C18H22N3O2PS2. The molecule has 0 radical (unpaired) electrons. The van der Waals surface area contributed by atoms with Crippen molar-refractivity contribution in [1.29, 1.82) is 0 Å². The Kier molecular flexibility index (Phi) is 7.69. The number of hydrogen-bond acceptors (Lipinski definition) is 6. The zero-order chi connectivity index (χ0) is 19.0. The molecule has 138 valence electrons. The molecule has 2 N–H and O–H groups in total. The number of rotatable bonds is 7. The van der Waals surface area contributed by atoms with Gasteiger partial charge in [0, 0.05) is 19.3 Å². The van der Waals surface area contributed by atoms with Gasteiger partial charge in [-0.3, -0.25) is 0 Å². The minimum Gasteiger partial charge on any atom is -0.410 e. The minimum absolute atomic E-state index is 0.192. The average molecular weight is 408 g/mol. The van der Waals surface area contributed by atoms with E-state index in [1.807, 2.05) is 66.9 Å². The fourth-order valence-electron chi connectivity index (χ4n) is 2.54. The number of hydrogen-bond donors (Lipinski definition) is 2. The van der Waals surface area contributed by atoms with E-state index in [1.165, 1.54) is 0 Å². The summed E-state index contributed by atoms with van der Waals surface area (Å²) in [5.74, 6) is 1.03. The van der Waals surface area contributed by atoms with E-state index in [-0.39, 0.29) is 11.3 Å².